The summed E-state index contributed by atoms with van der Waals surface area (Å²) in [6, 6.07) is 6.00. The van der Waals surface area contributed by atoms with E-state index in [2.05, 4.69) is 0 Å². The summed E-state index contributed by atoms with van der Waals surface area (Å²) >= 11 is 0. The second-order valence-corrected chi connectivity index (χ2v) is 8.59. The molecule has 1 aromatic carbocycles. The Hall–Kier alpha value is -0.706. The van der Waals surface area contributed by atoms with Crippen LogP contribution in [0, 0.1) is 0 Å². The van der Waals surface area contributed by atoms with E-state index in [-0.39, 0.29) is 0 Å². The molecule has 0 saturated heterocycles. The highest BCUT2D eigenvalue weighted by Gasteiger charge is 2.43. The lowest BCUT2D eigenvalue weighted by Gasteiger charge is -2.30. The Morgan fingerprint density at radius 3 is 2.29 bits per heavy atom. The number of hydrogen-bond donors (Lipinski definition) is 0. The lowest BCUT2D eigenvalue weighted by atomic mass is 10.2. The van der Waals surface area contributed by atoms with Crippen LogP contribution in [0.2, 0.25) is 6.55 Å². The normalized spacial score (nSPS) is 15.6. The van der Waals surface area contributed by atoms with Gasteiger partial charge in [0, 0.05) is 30.6 Å². The van der Waals surface area contributed by atoms with Gasteiger partial charge >= 0.3 is 18.1 Å². The second kappa shape index (κ2) is 7.52. The average molecular weight is 328 g/mol. The highest BCUT2D eigenvalue weighted by atomic mass is 28.4. The van der Waals surface area contributed by atoms with Gasteiger partial charge in [0.15, 0.2) is 0 Å². The van der Waals surface area contributed by atoms with Crippen molar-refractivity contribution in [3.63, 3.8) is 0 Å². The Morgan fingerprint density at radius 1 is 1.10 bits per heavy atom. The Labute approximate surface area is 129 Å². The van der Waals surface area contributed by atoms with E-state index in [1.54, 1.807) is 0 Å². The standard InChI is InChI=1S/C14H23O5Si2/c1-5-16-21(17-6-2,18-7-3)13-8-9-14-12(10-13)11-15-20(4)19-14/h8-10H,5-7,11H2,1-4H3. The van der Waals surface area contributed by atoms with Crippen molar-refractivity contribution in [2.24, 2.45) is 0 Å². The fraction of sp³-hybridized carbons (Fsp3) is 0.571. The molecule has 0 atom stereocenters. The molecule has 0 aromatic heterocycles. The first kappa shape index (κ1) is 16.7. The topological polar surface area (TPSA) is 46.2 Å². The molecule has 0 saturated carbocycles. The quantitative estimate of drug-likeness (QED) is 0.717. The predicted molar refractivity (Wildman–Crippen MR) is 83.7 cm³/mol. The number of hydrogen-bond acceptors (Lipinski definition) is 5. The van der Waals surface area contributed by atoms with Crippen molar-refractivity contribution < 1.29 is 22.1 Å². The van der Waals surface area contributed by atoms with Gasteiger partial charge in [-0.2, -0.15) is 0 Å². The van der Waals surface area contributed by atoms with E-state index in [1.807, 2.05) is 45.5 Å². The molecule has 1 aliphatic rings. The van der Waals surface area contributed by atoms with Crippen LogP contribution in [0.25, 0.3) is 0 Å². The fourth-order valence-corrected chi connectivity index (χ4v) is 5.75. The summed E-state index contributed by atoms with van der Waals surface area (Å²) in [5.41, 5.74) is 1.03. The van der Waals surface area contributed by atoms with E-state index in [0.29, 0.717) is 26.4 Å². The Kier molecular flexibility index (Phi) is 5.97. The van der Waals surface area contributed by atoms with Gasteiger partial charge < -0.3 is 22.1 Å². The lowest BCUT2D eigenvalue weighted by Crippen LogP contribution is -2.57. The molecule has 0 aliphatic carbocycles. The number of fused-ring (bicyclic) bond motifs is 1. The highest BCUT2D eigenvalue weighted by molar-refractivity contribution is 6.75. The monoisotopic (exact) mass is 327 g/mol. The van der Waals surface area contributed by atoms with Crippen LogP contribution >= 0.6 is 0 Å². The van der Waals surface area contributed by atoms with E-state index in [1.165, 1.54) is 0 Å². The highest BCUT2D eigenvalue weighted by Crippen LogP contribution is 2.25. The van der Waals surface area contributed by atoms with Crippen LogP contribution in [0.4, 0.5) is 0 Å². The Bertz CT molecular complexity index is 452. The van der Waals surface area contributed by atoms with E-state index in [9.17, 15) is 0 Å². The molecule has 1 heterocycles. The summed E-state index contributed by atoms with van der Waals surface area (Å²) in [6.07, 6.45) is 0. The summed E-state index contributed by atoms with van der Waals surface area (Å²) in [5.74, 6) is 0.897. The minimum absolute atomic E-state index is 0.554. The molecule has 0 N–H and O–H groups in total. The van der Waals surface area contributed by atoms with Gasteiger partial charge in [-0.15, -0.1) is 0 Å². The van der Waals surface area contributed by atoms with E-state index < -0.39 is 18.1 Å². The molecular weight excluding hydrogens is 304 g/mol. The molecule has 21 heavy (non-hydrogen) atoms. The van der Waals surface area contributed by atoms with Crippen LogP contribution in [0.3, 0.4) is 0 Å². The third kappa shape index (κ3) is 3.74. The third-order valence-corrected chi connectivity index (χ3v) is 7.18. The summed E-state index contributed by atoms with van der Waals surface area (Å²) in [4.78, 5) is 0. The maximum absolute atomic E-state index is 5.93. The first-order valence-electron chi connectivity index (χ1n) is 7.34. The van der Waals surface area contributed by atoms with Gasteiger partial charge in [0.25, 0.3) is 0 Å². The first-order chi connectivity index (χ1) is 10.1. The van der Waals surface area contributed by atoms with E-state index in [4.69, 9.17) is 22.1 Å². The van der Waals surface area contributed by atoms with Crippen molar-refractivity contribution in [1.82, 2.24) is 0 Å². The lowest BCUT2D eigenvalue weighted by molar-refractivity contribution is 0.0858. The van der Waals surface area contributed by atoms with Crippen LogP contribution in [-0.4, -0.2) is 37.9 Å². The predicted octanol–water partition coefficient (Wildman–Crippen LogP) is 1.97. The zero-order valence-corrected chi connectivity index (χ0v) is 15.1. The van der Waals surface area contributed by atoms with Gasteiger partial charge in [-0.3, -0.25) is 0 Å². The van der Waals surface area contributed by atoms with Gasteiger partial charge in [0.1, 0.15) is 5.75 Å². The molecule has 0 spiro atoms. The molecule has 117 valence electrons. The minimum Gasteiger partial charge on any atom is -0.519 e. The minimum atomic E-state index is -2.85. The maximum Gasteiger partial charge on any atom is 0.537 e. The van der Waals surface area contributed by atoms with Crippen LogP contribution in [0.1, 0.15) is 26.3 Å². The molecule has 0 bridgehead atoms. The second-order valence-electron chi connectivity index (χ2n) is 4.56. The summed E-state index contributed by atoms with van der Waals surface area (Å²) in [7, 11) is -4.02. The van der Waals surface area contributed by atoms with Crippen LogP contribution in [-0.2, 0) is 24.3 Å². The molecule has 0 unspecified atom stereocenters. The fourth-order valence-electron chi connectivity index (χ4n) is 2.29. The van der Waals surface area contributed by atoms with Gasteiger partial charge in [-0.1, -0.05) is 6.07 Å². The van der Waals surface area contributed by atoms with Crippen molar-refractivity contribution in [1.29, 1.82) is 0 Å². The molecule has 1 aliphatic heterocycles. The molecule has 1 radical (unpaired) electrons. The zero-order valence-electron chi connectivity index (χ0n) is 13.1. The summed E-state index contributed by atoms with van der Waals surface area (Å²) < 4.78 is 29.2. The largest absolute Gasteiger partial charge is 0.537 e. The maximum atomic E-state index is 5.93. The third-order valence-electron chi connectivity index (χ3n) is 3.10. The molecule has 2 rings (SSSR count). The summed E-state index contributed by atoms with van der Waals surface area (Å²) in [6.45, 7) is 10.1. The smallest absolute Gasteiger partial charge is 0.519 e. The van der Waals surface area contributed by atoms with Gasteiger partial charge in [0.2, 0.25) is 0 Å². The summed E-state index contributed by atoms with van der Waals surface area (Å²) in [5, 5.41) is 0.964. The van der Waals surface area contributed by atoms with Crippen LogP contribution < -0.4 is 9.61 Å². The number of benzene rings is 1. The van der Waals surface area contributed by atoms with E-state index in [0.717, 1.165) is 16.5 Å². The Balaban J connectivity index is 2.35. The van der Waals surface area contributed by atoms with Crippen molar-refractivity contribution in [3.8, 4) is 5.75 Å². The van der Waals surface area contributed by atoms with Gasteiger partial charge in [0.05, 0.1) is 6.61 Å². The van der Waals surface area contributed by atoms with E-state index >= 15 is 0 Å². The molecule has 5 nitrogen and oxygen atoms in total. The molecule has 1 aromatic rings. The van der Waals surface area contributed by atoms with Gasteiger partial charge in [-0.25, -0.2) is 0 Å². The SMILES string of the molecule is CCO[Si](OCC)(OCC)c1ccc2c(c1)CO[Si](C)O2. The Morgan fingerprint density at radius 2 is 1.71 bits per heavy atom. The zero-order chi connectivity index (χ0) is 15.3. The van der Waals surface area contributed by atoms with Crippen molar-refractivity contribution >= 4 is 23.3 Å². The van der Waals surface area contributed by atoms with Crippen molar-refractivity contribution in [2.45, 2.75) is 33.9 Å². The average Bonchev–Trinajstić information content (AvgIpc) is 2.47. The molecule has 0 fully saturated rings. The molecule has 0 amide bonds. The first-order valence-corrected chi connectivity index (χ1v) is 10.9. The molecule has 7 heteroatoms. The van der Waals surface area contributed by atoms with Crippen LogP contribution in [0.15, 0.2) is 18.2 Å². The van der Waals surface area contributed by atoms with Crippen molar-refractivity contribution in [3.05, 3.63) is 23.8 Å². The van der Waals surface area contributed by atoms with Crippen LogP contribution in [0.5, 0.6) is 5.75 Å². The number of rotatable bonds is 7. The molecular formula is C14H23O5Si2. The van der Waals surface area contributed by atoms with Gasteiger partial charge in [-0.05, 0) is 39.5 Å². The van der Waals surface area contributed by atoms with Crippen molar-refractivity contribution in [2.75, 3.05) is 19.8 Å².